The van der Waals surface area contributed by atoms with Gasteiger partial charge in [0.05, 0.1) is 21.2 Å². The van der Waals surface area contributed by atoms with Gasteiger partial charge in [0.15, 0.2) is 5.78 Å². The van der Waals surface area contributed by atoms with Gasteiger partial charge in [0.1, 0.15) is 5.82 Å². The van der Waals surface area contributed by atoms with Crippen LogP contribution in [-0.4, -0.2) is 5.78 Å². The van der Waals surface area contributed by atoms with E-state index in [0.717, 1.165) is 0 Å². The van der Waals surface area contributed by atoms with Crippen LogP contribution >= 0.6 is 34.8 Å². The van der Waals surface area contributed by atoms with Crippen LogP contribution in [0.1, 0.15) is 21.5 Å². The number of carbonyl (C=O) groups excluding carboxylic acids is 1. The van der Waals surface area contributed by atoms with Crippen molar-refractivity contribution in [3.05, 3.63) is 67.9 Å². The molecule has 98 valence electrons. The molecule has 5 heteroatoms. The molecule has 0 aliphatic heterocycles. The van der Waals surface area contributed by atoms with Crippen LogP contribution in [0.5, 0.6) is 0 Å². The van der Waals surface area contributed by atoms with Gasteiger partial charge < -0.3 is 0 Å². The summed E-state index contributed by atoms with van der Waals surface area (Å²) in [5.41, 5.74) is 0.371. The molecule has 0 fully saturated rings. The molecule has 1 nitrogen and oxygen atoms in total. The molecule has 0 N–H and O–H groups in total. The van der Waals surface area contributed by atoms with Crippen molar-refractivity contribution in [2.24, 2.45) is 0 Å². The van der Waals surface area contributed by atoms with E-state index in [1.54, 1.807) is 19.1 Å². The molecule has 0 saturated carbocycles. The predicted molar refractivity (Wildman–Crippen MR) is 76.0 cm³/mol. The van der Waals surface area contributed by atoms with E-state index in [1.165, 1.54) is 18.2 Å². The van der Waals surface area contributed by atoms with Crippen molar-refractivity contribution < 1.29 is 9.18 Å². The number of hydrogen-bond acceptors (Lipinski definition) is 1. The second kappa shape index (κ2) is 5.49. The van der Waals surface area contributed by atoms with Gasteiger partial charge in [0, 0.05) is 5.02 Å². The molecule has 0 unspecified atom stereocenters. The summed E-state index contributed by atoms with van der Waals surface area (Å²) in [4.78, 5) is 12.3. The van der Waals surface area contributed by atoms with Crippen molar-refractivity contribution in [1.29, 1.82) is 0 Å². The molecule has 0 saturated heterocycles. The average Bonchev–Trinajstić information content (AvgIpc) is 2.31. The van der Waals surface area contributed by atoms with E-state index in [0.29, 0.717) is 10.6 Å². The molecule has 0 atom stereocenters. The Labute approximate surface area is 124 Å². The number of carbonyl (C=O) groups is 1. The molecule has 0 aromatic heterocycles. The minimum Gasteiger partial charge on any atom is -0.288 e. The van der Waals surface area contributed by atoms with Crippen LogP contribution in [0.2, 0.25) is 15.1 Å². The zero-order valence-corrected chi connectivity index (χ0v) is 12.1. The largest absolute Gasteiger partial charge is 0.288 e. The molecular formula is C14H8Cl3FO. The van der Waals surface area contributed by atoms with E-state index in [4.69, 9.17) is 34.8 Å². The second-order valence-electron chi connectivity index (χ2n) is 4.01. The predicted octanol–water partition coefficient (Wildman–Crippen LogP) is 5.33. The van der Waals surface area contributed by atoms with Crippen molar-refractivity contribution in [2.45, 2.75) is 6.92 Å². The van der Waals surface area contributed by atoms with Gasteiger partial charge in [0.25, 0.3) is 0 Å². The average molecular weight is 318 g/mol. The highest BCUT2D eigenvalue weighted by atomic mass is 35.5. The summed E-state index contributed by atoms with van der Waals surface area (Å²) >= 11 is 17.7. The van der Waals surface area contributed by atoms with E-state index < -0.39 is 11.6 Å². The summed E-state index contributed by atoms with van der Waals surface area (Å²) in [7, 11) is 0. The van der Waals surface area contributed by atoms with Gasteiger partial charge in [-0.05, 0) is 30.7 Å². The highest BCUT2D eigenvalue weighted by molar-refractivity contribution is 6.43. The first-order valence-corrected chi connectivity index (χ1v) is 6.49. The summed E-state index contributed by atoms with van der Waals surface area (Å²) in [5, 5.41) is 0.517. The molecular weight excluding hydrogens is 310 g/mol. The van der Waals surface area contributed by atoms with Crippen LogP contribution < -0.4 is 0 Å². The fraction of sp³-hybridized carbons (Fsp3) is 0.0714. The molecule has 2 aromatic rings. The fourth-order valence-corrected chi connectivity index (χ4v) is 2.71. The Balaban J connectivity index is 2.60. The van der Waals surface area contributed by atoms with Crippen molar-refractivity contribution >= 4 is 40.6 Å². The molecule has 0 aliphatic rings. The Morgan fingerprint density at radius 2 is 1.68 bits per heavy atom. The minimum atomic E-state index is -0.574. The highest BCUT2D eigenvalue weighted by Crippen LogP contribution is 2.31. The lowest BCUT2D eigenvalue weighted by Gasteiger charge is -2.08. The standard InChI is InChI=1S/C14H8Cl3FO/c1-7-3-2-4-9(13(7)18)14(19)12-10(16)5-8(15)6-11(12)17/h2-6H,1H3. The van der Waals surface area contributed by atoms with Gasteiger partial charge in [-0.15, -0.1) is 0 Å². The molecule has 0 spiro atoms. The van der Waals surface area contributed by atoms with Crippen LogP contribution in [-0.2, 0) is 0 Å². The number of ketones is 1. The smallest absolute Gasteiger partial charge is 0.198 e. The summed E-state index contributed by atoms with van der Waals surface area (Å²) in [6.07, 6.45) is 0. The van der Waals surface area contributed by atoms with Crippen molar-refractivity contribution in [3.63, 3.8) is 0 Å². The first-order valence-electron chi connectivity index (χ1n) is 5.36. The lowest BCUT2D eigenvalue weighted by molar-refractivity contribution is 0.103. The van der Waals surface area contributed by atoms with Crippen molar-refractivity contribution in [3.8, 4) is 0 Å². The Hall–Kier alpha value is -1.09. The third-order valence-corrected chi connectivity index (χ3v) is 3.48. The lowest BCUT2D eigenvalue weighted by atomic mass is 10.0. The first kappa shape index (κ1) is 14.3. The maximum atomic E-state index is 13.9. The molecule has 0 heterocycles. The van der Waals surface area contributed by atoms with Crippen LogP contribution in [0.15, 0.2) is 30.3 Å². The van der Waals surface area contributed by atoms with E-state index in [-0.39, 0.29) is 21.2 Å². The maximum absolute atomic E-state index is 13.9. The van der Waals surface area contributed by atoms with E-state index in [9.17, 15) is 9.18 Å². The zero-order chi connectivity index (χ0) is 14.2. The summed E-state index contributed by atoms with van der Waals surface area (Å²) in [6, 6.07) is 7.37. The third kappa shape index (κ3) is 2.76. The quantitative estimate of drug-likeness (QED) is 0.685. The van der Waals surface area contributed by atoms with Gasteiger partial charge in [0.2, 0.25) is 0 Å². The third-order valence-electron chi connectivity index (χ3n) is 2.67. The summed E-state index contributed by atoms with van der Waals surface area (Å²) in [5.74, 6) is -1.14. The minimum absolute atomic E-state index is 0.0530. The lowest BCUT2D eigenvalue weighted by Crippen LogP contribution is -2.07. The van der Waals surface area contributed by atoms with Crippen molar-refractivity contribution in [2.75, 3.05) is 0 Å². The first-order chi connectivity index (χ1) is 8.91. The maximum Gasteiger partial charge on any atom is 0.198 e. The topological polar surface area (TPSA) is 17.1 Å². The number of benzene rings is 2. The molecule has 2 rings (SSSR count). The summed E-state index contributed by atoms with van der Waals surface area (Å²) < 4.78 is 13.9. The van der Waals surface area contributed by atoms with E-state index >= 15 is 0 Å². The number of rotatable bonds is 2. The van der Waals surface area contributed by atoms with Crippen molar-refractivity contribution in [1.82, 2.24) is 0 Å². The molecule has 0 radical (unpaired) electrons. The highest BCUT2D eigenvalue weighted by Gasteiger charge is 2.21. The van der Waals surface area contributed by atoms with Crippen LogP contribution in [0.25, 0.3) is 0 Å². The van der Waals surface area contributed by atoms with Crippen LogP contribution in [0, 0.1) is 12.7 Å². The molecule has 0 amide bonds. The van der Waals surface area contributed by atoms with Gasteiger partial charge in [-0.25, -0.2) is 4.39 Å². The molecule has 0 aliphatic carbocycles. The Bertz CT molecular complexity index is 645. The second-order valence-corrected chi connectivity index (χ2v) is 5.26. The van der Waals surface area contributed by atoms with Gasteiger partial charge in [-0.2, -0.15) is 0 Å². The van der Waals surface area contributed by atoms with E-state index in [2.05, 4.69) is 0 Å². The molecule has 19 heavy (non-hydrogen) atoms. The fourth-order valence-electron chi connectivity index (χ4n) is 1.72. The summed E-state index contributed by atoms with van der Waals surface area (Å²) in [6.45, 7) is 1.58. The van der Waals surface area contributed by atoms with Crippen LogP contribution in [0.3, 0.4) is 0 Å². The van der Waals surface area contributed by atoms with Gasteiger partial charge in [-0.3, -0.25) is 4.79 Å². The number of halogens is 4. The van der Waals surface area contributed by atoms with E-state index in [1.807, 2.05) is 0 Å². The normalized spacial score (nSPS) is 10.6. The van der Waals surface area contributed by atoms with Crippen LogP contribution in [0.4, 0.5) is 4.39 Å². The SMILES string of the molecule is Cc1cccc(C(=O)c2c(Cl)cc(Cl)cc2Cl)c1F. The zero-order valence-electron chi connectivity index (χ0n) is 9.81. The Morgan fingerprint density at radius 3 is 2.26 bits per heavy atom. The number of aryl methyl sites for hydroxylation is 1. The molecule has 0 bridgehead atoms. The van der Waals surface area contributed by atoms with Gasteiger partial charge >= 0.3 is 0 Å². The Morgan fingerprint density at radius 1 is 1.11 bits per heavy atom. The Kier molecular flexibility index (Phi) is 4.14. The monoisotopic (exact) mass is 316 g/mol. The molecule has 2 aromatic carbocycles. The number of hydrogen-bond donors (Lipinski definition) is 0. The van der Waals surface area contributed by atoms with Gasteiger partial charge in [-0.1, -0.05) is 46.9 Å².